The summed E-state index contributed by atoms with van der Waals surface area (Å²) < 4.78 is 48.8. The van der Waals surface area contributed by atoms with Gasteiger partial charge in [0.15, 0.2) is 6.10 Å². The van der Waals surface area contributed by atoms with E-state index in [1.165, 1.54) is 4.90 Å². The third-order valence-electron chi connectivity index (χ3n) is 10.8. The van der Waals surface area contributed by atoms with Crippen molar-refractivity contribution in [2.75, 3.05) is 59.4 Å². The van der Waals surface area contributed by atoms with Crippen molar-refractivity contribution >= 4 is 45.5 Å². The summed E-state index contributed by atoms with van der Waals surface area (Å²) in [5.74, 6) is -1.61. The Hall–Kier alpha value is -4.34. The molecule has 12 nitrogen and oxygen atoms in total. The van der Waals surface area contributed by atoms with Gasteiger partial charge >= 0.3 is 18.0 Å². The molecule has 278 valence electrons. The molecule has 16 heteroatoms. The number of pyridine rings is 1. The Labute approximate surface area is 302 Å². The number of aromatic hydroxyl groups is 1. The van der Waals surface area contributed by atoms with Gasteiger partial charge in [0.2, 0.25) is 0 Å². The molecule has 2 aromatic carbocycles. The number of hydrogen-bond donors (Lipinski definition) is 2. The first-order valence-electron chi connectivity index (χ1n) is 17.6. The first-order valence-corrected chi connectivity index (χ1v) is 18.0. The number of amides is 2. The highest BCUT2D eigenvalue weighted by Crippen LogP contribution is 2.40. The zero-order valence-electron chi connectivity index (χ0n) is 28.7. The monoisotopic (exact) mass is 743 g/mol. The Morgan fingerprint density at radius 1 is 0.981 bits per heavy atom. The van der Waals surface area contributed by atoms with Gasteiger partial charge in [0.25, 0.3) is 5.91 Å². The molecule has 7 rings (SSSR count). The Morgan fingerprint density at radius 3 is 2.35 bits per heavy atom. The molecule has 1 atom stereocenters. The average Bonchev–Trinajstić information content (AvgIpc) is 3.48. The molecule has 2 aromatic heterocycles. The highest BCUT2D eigenvalue weighted by Gasteiger charge is 2.38. The van der Waals surface area contributed by atoms with Crippen molar-refractivity contribution in [3.8, 4) is 5.75 Å². The number of nitrogens with one attached hydrogen (secondary N) is 1. The van der Waals surface area contributed by atoms with Crippen LogP contribution in [-0.4, -0.2) is 123 Å². The zero-order valence-corrected chi connectivity index (χ0v) is 29.5. The van der Waals surface area contributed by atoms with E-state index in [4.69, 9.17) is 16.3 Å². The second kappa shape index (κ2) is 14.6. The van der Waals surface area contributed by atoms with Crippen LogP contribution in [0.1, 0.15) is 42.9 Å². The minimum atomic E-state index is -4.90. The summed E-state index contributed by atoms with van der Waals surface area (Å²) in [5.41, 5.74) is 0.489. The molecule has 3 aliphatic rings. The summed E-state index contributed by atoms with van der Waals surface area (Å²) >= 11 is 5.99. The van der Waals surface area contributed by atoms with E-state index < -0.39 is 40.6 Å². The van der Waals surface area contributed by atoms with Gasteiger partial charge in [-0.1, -0.05) is 29.8 Å². The number of ether oxygens (including phenoxy) is 1. The average molecular weight is 744 g/mol. The van der Waals surface area contributed by atoms with E-state index in [-0.39, 0.29) is 36.8 Å². The lowest BCUT2D eigenvalue weighted by atomic mass is 10.0. The molecule has 4 aromatic rings. The van der Waals surface area contributed by atoms with Crippen molar-refractivity contribution in [2.45, 2.75) is 56.5 Å². The van der Waals surface area contributed by atoms with Crippen LogP contribution in [0.2, 0.25) is 5.02 Å². The highest BCUT2D eigenvalue weighted by atomic mass is 35.5. The summed E-state index contributed by atoms with van der Waals surface area (Å²) in [6.45, 7) is 4.50. The van der Waals surface area contributed by atoms with Crippen LogP contribution >= 0.6 is 11.6 Å². The molecule has 3 saturated heterocycles. The molecule has 3 fully saturated rings. The number of halogens is 4. The number of benzene rings is 2. The van der Waals surface area contributed by atoms with Gasteiger partial charge in [-0.3, -0.25) is 19.2 Å². The molecule has 3 aliphatic heterocycles. The third-order valence-corrected chi connectivity index (χ3v) is 11.0. The van der Waals surface area contributed by atoms with E-state index in [1.54, 1.807) is 15.7 Å². The topological polar surface area (TPSA) is 127 Å². The summed E-state index contributed by atoms with van der Waals surface area (Å²) in [4.78, 5) is 55.9. The van der Waals surface area contributed by atoms with Crippen molar-refractivity contribution < 1.29 is 32.6 Å². The number of imidazole rings is 1. The fourth-order valence-corrected chi connectivity index (χ4v) is 8.08. The first kappa shape index (κ1) is 36.0. The van der Waals surface area contributed by atoms with Crippen LogP contribution in [0.4, 0.5) is 18.0 Å². The predicted molar refractivity (Wildman–Crippen MR) is 188 cm³/mol. The molecule has 2 N–H and O–H groups in total. The minimum Gasteiger partial charge on any atom is -0.506 e. The maximum Gasteiger partial charge on any atom is 0.420 e. The van der Waals surface area contributed by atoms with Crippen LogP contribution in [0.3, 0.4) is 0 Å². The standard InChI is InChI=1S/C36H41ClF3N7O5/c1-43-10-6-23(7-11-43)44-14-16-45(17-15-44)33(49)30(20-22-18-26(36(38,39)40)32(48)27(37)19-22)52-35(51)46-12-8-24(9-13-46)47-29-21-41-28-5-3-2-4-25(28)31(29)42-34(47)50/h2-5,18-19,21,23-24,30,48H,6-17,20H2,1H3,(H,42,50)/t30-/m1/s1. The number of rotatable bonds is 6. The molecular weight excluding hydrogens is 703 g/mol. The van der Waals surface area contributed by atoms with Gasteiger partial charge in [0.1, 0.15) is 5.75 Å². The number of alkyl halides is 3. The molecule has 0 unspecified atom stereocenters. The van der Waals surface area contributed by atoms with Gasteiger partial charge in [-0.25, -0.2) is 9.59 Å². The van der Waals surface area contributed by atoms with Crippen molar-refractivity contribution in [3.63, 3.8) is 0 Å². The molecule has 2 amide bonds. The van der Waals surface area contributed by atoms with E-state index in [9.17, 15) is 32.7 Å². The molecule has 0 spiro atoms. The number of phenolic OH excluding ortho intramolecular Hbond substituents is 1. The van der Waals surface area contributed by atoms with Gasteiger partial charge < -0.3 is 29.5 Å². The Balaban J connectivity index is 1.06. The highest BCUT2D eigenvalue weighted by molar-refractivity contribution is 6.32. The lowest BCUT2D eigenvalue weighted by Gasteiger charge is -2.42. The van der Waals surface area contributed by atoms with Crippen molar-refractivity contribution in [1.82, 2.24) is 34.1 Å². The van der Waals surface area contributed by atoms with Crippen LogP contribution < -0.4 is 5.69 Å². The summed E-state index contributed by atoms with van der Waals surface area (Å²) in [7, 11) is 2.10. The molecule has 0 saturated carbocycles. The minimum absolute atomic E-state index is 0.00945. The van der Waals surface area contributed by atoms with Crippen LogP contribution in [0, 0.1) is 0 Å². The number of aromatic amines is 1. The lowest BCUT2D eigenvalue weighted by molar-refractivity contribution is -0.143. The number of piperidine rings is 2. The Morgan fingerprint density at radius 2 is 1.65 bits per heavy atom. The van der Waals surface area contributed by atoms with E-state index in [1.807, 2.05) is 24.3 Å². The summed E-state index contributed by atoms with van der Waals surface area (Å²) in [6.07, 6.45) is -2.89. The van der Waals surface area contributed by atoms with Gasteiger partial charge in [-0.2, -0.15) is 13.2 Å². The molecule has 5 heterocycles. The number of nitrogens with zero attached hydrogens (tertiary/aromatic N) is 6. The number of carbonyl (C=O) groups is 2. The fraction of sp³-hybridized carbons (Fsp3) is 0.500. The number of piperazine rings is 1. The van der Waals surface area contributed by atoms with Gasteiger partial charge in [-0.05, 0) is 69.6 Å². The Kier molecular flexibility index (Phi) is 10.1. The molecule has 0 radical (unpaired) electrons. The number of aromatic nitrogens is 3. The number of carbonyl (C=O) groups excluding carboxylic acids is 2. The van der Waals surface area contributed by atoms with E-state index in [0.717, 1.165) is 49.0 Å². The van der Waals surface area contributed by atoms with E-state index >= 15 is 0 Å². The zero-order chi connectivity index (χ0) is 36.7. The van der Waals surface area contributed by atoms with Crippen molar-refractivity contribution in [2.24, 2.45) is 0 Å². The van der Waals surface area contributed by atoms with Crippen LogP contribution in [0.5, 0.6) is 5.75 Å². The number of para-hydroxylation sites is 1. The first-order chi connectivity index (χ1) is 24.9. The number of hydrogen-bond acceptors (Lipinski definition) is 8. The molecular formula is C36H41ClF3N7O5. The fourth-order valence-electron chi connectivity index (χ4n) is 7.84. The predicted octanol–water partition coefficient (Wildman–Crippen LogP) is 4.88. The number of phenols is 1. The van der Waals surface area contributed by atoms with Gasteiger partial charge in [-0.15, -0.1) is 0 Å². The summed E-state index contributed by atoms with van der Waals surface area (Å²) in [5, 5.41) is 10.3. The van der Waals surface area contributed by atoms with Crippen LogP contribution in [0.15, 0.2) is 47.4 Å². The van der Waals surface area contributed by atoms with Gasteiger partial charge in [0.05, 0.1) is 33.3 Å². The van der Waals surface area contributed by atoms with Crippen LogP contribution in [0.25, 0.3) is 21.9 Å². The molecule has 0 bridgehead atoms. The van der Waals surface area contributed by atoms with E-state index in [2.05, 4.69) is 26.8 Å². The second-order valence-corrected chi connectivity index (χ2v) is 14.4. The normalized spacial score (nSPS) is 19.4. The number of likely N-dealkylation sites (tertiary alicyclic amines) is 2. The summed E-state index contributed by atoms with van der Waals surface area (Å²) in [6, 6.07) is 9.59. The lowest BCUT2D eigenvalue weighted by Crippen LogP contribution is -2.56. The van der Waals surface area contributed by atoms with Crippen LogP contribution in [-0.2, 0) is 22.1 Å². The van der Waals surface area contributed by atoms with Crippen molar-refractivity contribution in [3.05, 3.63) is 69.2 Å². The second-order valence-electron chi connectivity index (χ2n) is 14.0. The smallest absolute Gasteiger partial charge is 0.420 e. The quantitative estimate of drug-likeness (QED) is 0.287. The molecule has 0 aliphatic carbocycles. The maximum absolute atomic E-state index is 14.0. The van der Waals surface area contributed by atoms with Crippen molar-refractivity contribution in [1.29, 1.82) is 0 Å². The number of fused-ring (bicyclic) bond motifs is 3. The Bertz CT molecular complexity index is 2010. The third kappa shape index (κ3) is 7.30. The SMILES string of the molecule is CN1CCC(N2CCN(C(=O)[C@@H](Cc3cc(Cl)c(O)c(C(F)(F)F)c3)OC(=O)N3CCC(n4c(=O)[nH]c5c6ccccc6ncc54)CC3)CC2)CC1. The van der Waals surface area contributed by atoms with Gasteiger partial charge in [0, 0.05) is 63.2 Å². The largest absolute Gasteiger partial charge is 0.506 e. The number of H-pyrrole nitrogens is 1. The molecule has 52 heavy (non-hydrogen) atoms. The van der Waals surface area contributed by atoms with E-state index in [0.29, 0.717) is 56.1 Å². The maximum atomic E-state index is 14.0.